The van der Waals surface area contributed by atoms with Crippen LogP contribution >= 0.6 is 12.4 Å². The van der Waals surface area contributed by atoms with Crippen LogP contribution in [0.2, 0.25) is 0 Å². The fraction of sp³-hybridized carbons (Fsp3) is 0.900. The van der Waals surface area contributed by atoms with Crippen molar-refractivity contribution >= 4 is 18.5 Å². The predicted octanol–water partition coefficient (Wildman–Crippen LogP) is 0.707. The fourth-order valence-electron chi connectivity index (χ4n) is 1.89. The summed E-state index contributed by atoms with van der Waals surface area (Å²) in [4.78, 5) is 13.1. The molecule has 1 aliphatic rings. The molecule has 1 saturated heterocycles. The van der Waals surface area contributed by atoms with Gasteiger partial charge in [-0.15, -0.1) is 12.4 Å². The van der Waals surface area contributed by atoms with Gasteiger partial charge in [0.2, 0.25) is 0 Å². The number of piperidine rings is 1. The molecule has 16 heavy (non-hydrogen) atoms. The minimum Gasteiger partial charge on any atom is -0.450 e. The van der Waals surface area contributed by atoms with Crippen LogP contribution in [-0.4, -0.2) is 42.8 Å². The SMILES string of the molecule is CCOC(=O)N1CCC(N)(CCN)CC1.Cl. The highest BCUT2D eigenvalue weighted by Gasteiger charge is 2.31. The van der Waals surface area contributed by atoms with E-state index in [9.17, 15) is 4.79 Å². The maximum absolute atomic E-state index is 11.4. The second-order valence-corrected chi connectivity index (χ2v) is 4.09. The van der Waals surface area contributed by atoms with Gasteiger partial charge in [0.1, 0.15) is 0 Å². The zero-order valence-corrected chi connectivity index (χ0v) is 10.6. The Morgan fingerprint density at radius 1 is 1.44 bits per heavy atom. The third-order valence-corrected chi connectivity index (χ3v) is 2.93. The van der Waals surface area contributed by atoms with Crippen LogP contribution in [0.25, 0.3) is 0 Å². The van der Waals surface area contributed by atoms with E-state index in [2.05, 4.69) is 0 Å². The summed E-state index contributed by atoms with van der Waals surface area (Å²) < 4.78 is 4.93. The van der Waals surface area contributed by atoms with Crippen LogP contribution in [0.1, 0.15) is 26.2 Å². The lowest BCUT2D eigenvalue weighted by Crippen LogP contribution is -2.52. The smallest absolute Gasteiger partial charge is 0.409 e. The zero-order chi connectivity index (χ0) is 11.3. The minimum absolute atomic E-state index is 0. The lowest BCUT2D eigenvalue weighted by Gasteiger charge is -2.38. The van der Waals surface area contributed by atoms with Crippen molar-refractivity contribution in [3.8, 4) is 0 Å². The van der Waals surface area contributed by atoms with Crippen molar-refractivity contribution in [2.24, 2.45) is 11.5 Å². The lowest BCUT2D eigenvalue weighted by molar-refractivity contribution is 0.0863. The molecule has 0 atom stereocenters. The third-order valence-electron chi connectivity index (χ3n) is 2.93. The first-order chi connectivity index (χ1) is 7.11. The molecule has 1 aliphatic heterocycles. The summed E-state index contributed by atoms with van der Waals surface area (Å²) >= 11 is 0. The number of hydrogen-bond donors (Lipinski definition) is 2. The first kappa shape index (κ1) is 15.5. The summed E-state index contributed by atoms with van der Waals surface area (Å²) in [5.74, 6) is 0. The molecule has 1 amide bonds. The Labute approximate surface area is 103 Å². The van der Waals surface area contributed by atoms with Crippen LogP contribution in [-0.2, 0) is 4.74 Å². The van der Waals surface area contributed by atoms with Gasteiger partial charge in [-0.25, -0.2) is 4.79 Å². The minimum atomic E-state index is -0.229. The van der Waals surface area contributed by atoms with E-state index in [4.69, 9.17) is 16.2 Å². The summed E-state index contributed by atoms with van der Waals surface area (Å²) in [6, 6.07) is 0. The van der Waals surface area contributed by atoms with Gasteiger partial charge in [-0.1, -0.05) is 0 Å². The second kappa shape index (κ2) is 6.93. The van der Waals surface area contributed by atoms with Gasteiger partial charge in [0, 0.05) is 18.6 Å². The van der Waals surface area contributed by atoms with Crippen LogP contribution < -0.4 is 11.5 Å². The zero-order valence-electron chi connectivity index (χ0n) is 9.78. The molecule has 0 aromatic carbocycles. The summed E-state index contributed by atoms with van der Waals surface area (Å²) in [7, 11) is 0. The maximum atomic E-state index is 11.4. The van der Waals surface area contributed by atoms with E-state index in [1.165, 1.54) is 0 Å². The van der Waals surface area contributed by atoms with Crippen molar-refractivity contribution in [1.29, 1.82) is 0 Å². The van der Waals surface area contributed by atoms with Crippen LogP contribution in [0, 0.1) is 0 Å². The van der Waals surface area contributed by atoms with Crippen LogP contribution in [0.3, 0.4) is 0 Å². The molecule has 4 N–H and O–H groups in total. The Morgan fingerprint density at radius 2 is 2.00 bits per heavy atom. The summed E-state index contributed by atoms with van der Waals surface area (Å²) in [5, 5.41) is 0. The topological polar surface area (TPSA) is 81.6 Å². The molecule has 0 spiro atoms. The Kier molecular flexibility index (Phi) is 6.71. The number of carbonyl (C=O) groups is 1. The molecule has 6 heteroatoms. The largest absolute Gasteiger partial charge is 0.450 e. The standard InChI is InChI=1S/C10H21N3O2.ClH/c1-2-15-9(14)13-7-4-10(12,3-6-11)5-8-13;/h2-8,11-12H2,1H3;1H. The number of ether oxygens (including phenoxy) is 1. The van der Waals surface area contributed by atoms with E-state index >= 15 is 0 Å². The van der Waals surface area contributed by atoms with E-state index in [-0.39, 0.29) is 24.0 Å². The molecule has 96 valence electrons. The molecule has 0 unspecified atom stereocenters. The summed E-state index contributed by atoms with van der Waals surface area (Å²) in [6.45, 7) is 4.19. The van der Waals surface area contributed by atoms with E-state index in [0.29, 0.717) is 26.2 Å². The number of amides is 1. The quantitative estimate of drug-likeness (QED) is 0.774. The van der Waals surface area contributed by atoms with Crippen LogP contribution in [0.4, 0.5) is 4.79 Å². The normalized spacial score (nSPS) is 18.8. The second-order valence-electron chi connectivity index (χ2n) is 4.09. The van der Waals surface area contributed by atoms with Gasteiger partial charge < -0.3 is 21.1 Å². The van der Waals surface area contributed by atoms with Crippen molar-refractivity contribution in [2.75, 3.05) is 26.2 Å². The van der Waals surface area contributed by atoms with E-state index in [0.717, 1.165) is 19.3 Å². The number of nitrogens with two attached hydrogens (primary N) is 2. The molecule has 0 aromatic heterocycles. The van der Waals surface area contributed by atoms with Crippen molar-refractivity contribution in [1.82, 2.24) is 4.90 Å². The van der Waals surface area contributed by atoms with Crippen LogP contribution in [0.5, 0.6) is 0 Å². The van der Waals surface area contributed by atoms with Crippen molar-refractivity contribution < 1.29 is 9.53 Å². The van der Waals surface area contributed by atoms with Crippen molar-refractivity contribution in [3.05, 3.63) is 0 Å². The number of carbonyl (C=O) groups excluding carboxylic acids is 1. The van der Waals surface area contributed by atoms with Gasteiger partial charge in [0.15, 0.2) is 0 Å². The number of hydrogen-bond acceptors (Lipinski definition) is 4. The van der Waals surface area contributed by atoms with Crippen molar-refractivity contribution in [2.45, 2.75) is 31.7 Å². The van der Waals surface area contributed by atoms with Gasteiger partial charge >= 0.3 is 6.09 Å². The predicted molar refractivity (Wildman–Crippen MR) is 65.7 cm³/mol. The lowest BCUT2D eigenvalue weighted by atomic mass is 9.86. The Bertz CT molecular complexity index is 218. The maximum Gasteiger partial charge on any atom is 0.409 e. The van der Waals surface area contributed by atoms with Gasteiger partial charge in [0.05, 0.1) is 6.61 Å². The third kappa shape index (κ3) is 4.15. The average Bonchev–Trinajstić information content (AvgIpc) is 2.19. The van der Waals surface area contributed by atoms with Gasteiger partial charge in [-0.05, 0) is 32.7 Å². The molecular weight excluding hydrogens is 230 g/mol. The van der Waals surface area contributed by atoms with E-state index in [1.807, 2.05) is 6.92 Å². The molecule has 0 bridgehead atoms. The number of nitrogens with zero attached hydrogens (tertiary/aromatic N) is 1. The number of halogens is 1. The van der Waals surface area contributed by atoms with E-state index < -0.39 is 0 Å². The Hall–Kier alpha value is -0.520. The summed E-state index contributed by atoms with van der Waals surface area (Å²) in [5.41, 5.74) is 11.5. The molecule has 1 rings (SSSR count). The number of rotatable bonds is 3. The molecule has 1 fully saturated rings. The molecular formula is C10H22ClN3O2. The summed E-state index contributed by atoms with van der Waals surface area (Å²) in [6.07, 6.45) is 2.21. The van der Waals surface area contributed by atoms with Gasteiger partial charge in [0.25, 0.3) is 0 Å². The molecule has 0 aliphatic carbocycles. The Balaban J connectivity index is 0.00000225. The highest BCUT2D eigenvalue weighted by molar-refractivity contribution is 5.85. The van der Waals surface area contributed by atoms with Gasteiger partial charge in [-0.3, -0.25) is 0 Å². The van der Waals surface area contributed by atoms with Gasteiger partial charge in [-0.2, -0.15) is 0 Å². The van der Waals surface area contributed by atoms with Crippen molar-refractivity contribution in [3.63, 3.8) is 0 Å². The van der Waals surface area contributed by atoms with E-state index in [1.54, 1.807) is 4.90 Å². The average molecular weight is 252 g/mol. The molecule has 0 radical (unpaired) electrons. The highest BCUT2D eigenvalue weighted by atomic mass is 35.5. The first-order valence-electron chi connectivity index (χ1n) is 5.52. The monoisotopic (exact) mass is 251 g/mol. The molecule has 5 nitrogen and oxygen atoms in total. The first-order valence-corrected chi connectivity index (χ1v) is 5.52. The molecule has 0 saturated carbocycles. The molecule has 1 heterocycles. The van der Waals surface area contributed by atoms with Crippen LogP contribution in [0.15, 0.2) is 0 Å². The highest BCUT2D eigenvalue weighted by Crippen LogP contribution is 2.22. The number of likely N-dealkylation sites (tertiary alicyclic amines) is 1. The fourth-order valence-corrected chi connectivity index (χ4v) is 1.89. The molecule has 0 aromatic rings. The Morgan fingerprint density at radius 3 is 2.44 bits per heavy atom.